The number of aromatic nitrogens is 2. The van der Waals surface area contributed by atoms with Crippen molar-refractivity contribution in [2.24, 2.45) is 5.10 Å². The predicted octanol–water partition coefficient (Wildman–Crippen LogP) is 2.08. The molecule has 2 aromatic carbocycles. The zero-order valence-electron chi connectivity index (χ0n) is 11.8. The van der Waals surface area contributed by atoms with Gasteiger partial charge in [-0.05, 0) is 30.3 Å². The fourth-order valence-electron chi connectivity index (χ4n) is 2.02. The van der Waals surface area contributed by atoms with Gasteiger partial charge in [0.05, 0.1) is 16.7 Å². The number of carbonyl (C=O) groups is 1. The second kappa shape index (κ2) is 6.18. The summed E-state index contributed by atoms with van der Waals surface area (Å²) in [5.41, 5.74) is 3.15. The smallest absolute Gasteiger partial charge is 0.276 e. The van der Waals surface area contributed by atoms with Gasteiger partial charge in [0.25, 0.3) is 5.56 Å². The van der Waals surface area contributed by atoms with Crippen LogP contribution < -0.4 is 11.0 Å². The first kappa shape index (κ1) is 14.6. The van der Waals surface area contributed by atoms with E-state index in [1.165, 1.54) is 18.2 Å². The molecule has 0 fully saturated rings. The van der Waals surface area contributed by atoms with E-state index in [2.05, 4.69) is 20.5 Å². The molecule has 0 aliphatic rings. The van der Waals surface area contributed by atoms with Crippen molar-refractivity contribution in [2.75, 3.05) is 5.43 Å². The molecular formula is C16H11FN4O2. The molecule has 0 spiro atoms. The number of H-pyrrole nitrogens is 1. The second-order valence-corrected chi connectivity index (χ2v) is 4.67. The van der Waals surface area contributed by atoms with E-state index in [9.17, 15) is 14.0 Å². The van der Waals surface area contributed by atoms with Gasteiger partial charge >= 0.3 is 0 Å². The average molecular weight is 310 g/mol. The summed E-state index contributed by atoms with van der Waals surface area (Å²) in [6.07, 6.45) is 0.415. The highest BCUT2D eigenvalue weighted by Gasteiger charge is 2.11. The van der Waals surface area contributed by atoms with E-state index in [1.54, 1.807) is 30.3 Å². The number of aromatic amines is 1. The van der Waals surface area contributed by atoms with Crippen LogP contribution in [-0.4, -0.2) is 22.0 Å². The van der Waals surface area contributed by atoms with Gasteiger partial charge in [0, 0.05) is 0 Å². The minimum absolute atomic E-state index is 0.109. The summed E-state index contributed by atoms with van der Waals surface area (Å²) in [5.74, 6) is -0.445. The Balaban J connectivity index is 2.00. The summed E-state index contributed by atoms with van der Waals surface area (Å²) in [5, 5.41) is 3.84. The lowest BCUT2D eigenvalue weighted by atomic mass is 10.2. The zero-order valence-corrected chi connectivity index (χ0v) is 11.8. The maximum absolute atomic E-state index is 13.1. The van der Waals surface area contributed by atoms with Crippen molar-refractivity contribution in [1.82, 2.24) is 9.97 Å². The number of carbonyl (C=O) groups excluding carboxylic acids is 1. The molecule has 0 unspecified atom stereocenters. The molecule has 2 N–H and O–H groups in total. The monoisotopic (exact) mass is 310 g/mol. The number of aldehydes is 1. The van der Waals surface area contributed by atoms with Gasteiger partial charge in [0.15, 0.2) is 17.7 Å². The topological polar surface area (TPSA) is 87.2 Å². The van der Waals surface area contributed by atoms with Crippen LogP contribution in [0.1, 0.15) is 5.69 Å². The molecule has 114 valence electrons. The van der Waals surface area contributed by atoms with Gasteiger partial charge in [0.2, 0.25) is 0 Å². The van der Waals surface area contributed by atoms with Crippen molar-refractivity contribution in [2.45, 2.75) is 0 Å². The first-order valence-corrected chi connectivity index (χ1v) is 6.71. The molecule has 3 aromatic rings. The van der Waals surface area contributed by atoms with Gasteiger partial charge < -0.3 is 4.98 Å². The Morgan fingerprint density at radius 1 is 1.22 bits per heavy atom. The van der Waals surface area contributed by atoms with E-state index in [4.69, 9.17) is 0 Å². The van der Waals surface area contributed by atoms with Crippen LogP contribution in [0.25, 0.3) is 11.0 Å². The number of hydrazone groups is 1. The number of hydrogen-bond acceptors (Lipinski definition) is 5. The quantitative estimate of drug-likeness (QED) is 0.439. The third-order valence-corrected chi connectivity index (χ3v) is 3.08. The van der Waals surface area contributed by atoms with Gasteiger partial charge in [-0.1, -0.05) is 18.2 Å². The predicted molar refractivity (Wildman–Crippen MR) is 85.0 cm³/mol. The van der Waals surface area contributed by atoms with E-state index in [0.29, 0.717) is 23.0 Å². The average Bonchev–Trinajstić information content (AvgIpc) is 2.56. The second-order valence-electron chi connectivity index (χ2n) is 4.67. The molecular weight excluding hydrogens is 299 g/mol. The third kappa shape index (κ3) is 3.13. The summed E-state index contributed by atoms with van der Waals surface area (Å²) in [6, 6.07) is 12.5. The third-order valence-electron chi connectivity index (χ3n) is 3.08. The molecule has 0 bridgehead atoms. The first-order valence-electron chi connectivity index (χ1n) is 6.71. The van der Waals surface area contributed by atoms with E-state index in [0.717, 1.165) is 0 Å². The molecule has 3 rings (SSSR count). The van der Waals surface area contributed by atoms with Gasteiger partial charge in [-0.2, -0.15) is 5.10 Å². The molecule has 1 heterocycles. The standard InChI is InChI=1S/C16H11FN4O2/c17-10-4-3-5-11(8-10)20-21-14(9-22)15-16(23)19-13-7-2-1-6-12(13)18-15/h1-9,20H,(H,19,23). The highest BCUT2D eigenvalue weighted by Crippen LogP contribution is 2.10. The number of hydrogen-bond donors (Lipinski definition) is 2. The highest BCUT2D eigenvalue weighted by atomic mass is 19.1. The van der Waals surface area contributed by atoms with Gasteiger partial charge in [0.1, 0.15) is 5.82 Å². The Bertz CT molecular complexity index is 965. The zero-order chi connectivity index (χ0) is 16.2. The summed E-state index contributed by atoms with van der Waals surface area (Å²) in [7, 11) is 0. The Hall–Kier alpha value is -3.35. The normalized spacial score (nSPS) is 11.4. The molecule has 1 aromatic heterocycles. The molecule has 23 heavy (non-hydrogen) atoms. The fraction of sp³-hybridized carbons (Fsp3) is 0. The Labute approximate surface area is 129 Å². The number of anilines is 1. The lowest BCUT2D eigenvalue weighted by Crippen LogP contribution is -2.22. The maximum atomic E-state index is 13.1. The lowest BCUT2D eigenvalue weighted by molar-refractivity contribution is -0.102. The van der Waals surface area contributed by atoms with E-state index in [-0.39, 0.29) is 11.4 Å². The van der Waals surface area contributed by atoms with Crippen molar-refractivity contribution in [3.63, 3.8) is 0 Å². The highest BCUT2D eigenvalue weighted by molar-refractivity contribution is 6.35. The van der Waals surface area contributed by atoms with Crippen molar-refractivity contribution in [3.8, 4) is 0 Å². The SMILES string of the molecule is O=CC(=NNc1cccc(F)c1)c1nc2ccccc2[nH]c1=O. The minimum atomic E-state index is -0.532. The van der Waals surface area contributed by atoms with Gasteiger partial charge in [-0.3, -0.25) is 15.0 Å². The van der Waals surface area contributed by atoms with E-state index >= 15 is 0 Å². The van der Waals surface area contributed by atoms with Crippen molar-refractivity contribution in [1.29, 1.82) is 0 Å². The van der Waals surface area contributed by atoms with Crippen LogP contribution in [0.2, 0.25) is 0 Å². The summed E-state index contributed by atoms with van der Waals surface area (Å²) in [4.78, 5) is 30.1. The van der Waals surface area contributed by atoms with Crippen LogP contribution >= 0.6 is 0 Å². The van der Waals surface area contributed by atoms with Crippen molar-refractivity contribution in [3.05, 3.63) is 70.4 Å². The number of rotatable bonds is 4. The van der Waals surface area contributed by atoms with Crippen LogP contribution in [0.15, 0.2) is 58.4 Å². The number of fused-ring (bicyclic) bond motifs is 1. The summed E-state index contributed by atoms with van der Waals surface area (Å²) >= 11 is 0. The number of para-hydroxylation sites is 2. The molecule has 0 saturated heterocycles. The van der Waals surface area contributed by atoms with E-state index in [1.807, 2.05) is 0 Å². The lowest BCUT2D eigenvalue weighted by Gasteiger charge is -2.03. The molecule has 0 saturated carbocycles. The van der Waals surface area contributed by atoms with Gasteiger partial charge in [-0.15, -0.1) is 0 Å². The van der Waals surface area contributed by atoms with Crippen molar-refractivity contribution >= 4 is 28.7 Å². The molecule has 0 atom stereocenters. The van der Waals surface area contributed by atoms with Crippen LogP contribution in [0, 0.1) is 5.82 Å². The Morgan fingerprint density at radius 2 is 2.04 bits per heavy atom. The Kier molecular flexibility index (Phi) is 3.92. The minimum Gasteiger partial charge on any atom is -0.319 e. The summed E-state index contributed by atoms with van der Waals surface area (Å²) in [6.45, 7) is 0. The molecule has 0 aliphatic heterocycles. The van der Waals surface area contributed by atoms with E-state index < -0.39 is 11.4 Å². The van der Waals surface area contributed by atoms with Gasteiger partial charge in [-0.25, -0.2) is 9.37 Å². The fourth-order valence-corrected chi connectivity index (χ4v) is 2.02. The van der Waals surface area contributed by atoms with Crippen LogP contribution in [-0.2, 0) is 4.79 Å². The molecule has 6 nitrogen and oxygen atoms in total. The largest absolute Gasteiger partial charge is 0.319 e. The first-order chi connectivity index (χ1) is 11.2. The van der Waals surface area contributed by atoms with Crippen LogP contribution in [0.4, 0.5) is 10.1 Å². The van der Waals surface area contributed by atoms with Crippen LogP contribution in [0.5, 0.6) is 0 Å². The maximum Gasteiger partial charge on any atom is 0.276 e. The number of nitrogens with one attached hydrogen (secondary N) is 2. The molecule has 7 heteroatoms. The molecule has 0 aliphatic carbocycles. The van der Waals surface area contributed by atoms with Crippen LogP contribution in [0.3, 0.4) is 0 Å². The molecule has 0 amide bonds. The summed E-state index contributed by atoms with van der Waals surface area (Å²) < 4.78 is 13.1. The number of halogens is 1. The Morgan fingerprint density at radius 3 is 2.83 bits per heavy atom. The van der Waals surface area contributed by atoms with Crippen molar-refractivity contribution < 1.29 is 9.18 Å². The number of benzene rings is 2. The molecule has 0 radical (unpaired) electrons. The number of nitrogens with zero attached hydrogens (tertiary/aromatic N) is 2.